The molecule has 2 aromatic carbocycles. The van der Waals surface area contributed by atoms with Gasteiger partial charge in [-0.15, -0.1) is 0 Å². The Hall–Kier alpha value is -4.27. The molecule has 168 valence electrons. The van der Waals surface area contributed by atoms with Gasteiger partial charge in [0, 0.05) is 24.0 Å². The van der Waals surface area contributed by atoms with Crippen LogP contribution in [-0.2, 0) is 18.4 Å². The van der Waals surface area contributed by atoms with Gasteiger partial charge in [0.25, 0.3) is 5.56 Å². The van der Waals surface area contributed by atoms with Crippen molar-refractivity contribution < 1.29 is 14.0 Å². The smallest absolute Gasteiger partial charge is 0.336 e. The lowest BCUT2D eigenvalue weighted by Crippen LogP contribution is -2.41. The Kier molecular flexibility index (Phi) is 5.55. The van der Waals surface area contributed by atoms with Gasteiger partial charge >= 0.3 is 5.69 Å². The van der Waals surface area contributed by atoms with Crippen molar-refractivity contribution in [1.29, 1.82) is 0 Å². The number of hydrogen-bond donors (Lipinski definition) is 1. The largest absolute Gasteiger partial charge is 0.342 e. The summed E-state index contributed by atoms with van der Waals surface area (Å²) in [6, 6.07) is 13.0. The summed E-state index contributed by atoms with van der Waals surface area (Å²) in [5.41, 5.74) is 1.19. The number of carbonyl (C=O) groups is 2. The molecule has 0 atom stereocenters. The van der Waals surface area contributed by atoms with Crippen LogP contribution in [-0.4, -0.2) is 25.4 Å². The van der Waals surface area contributed by atoms with Crippen LogP contribution in [0.3, 0.4) is 0 Å². The molecule has 9 heteroatoms. The molecule has 0 aliphatic rings. The molecule has 1 amide bonds. The summed E-state index contributed by atoms with van der Waals surface area (Å²) in [5, 5.41) is 2.70. The van der Waals surface area contributed by atoms with E-state index in [1.165, 1.54) is 23.6 Å². The van der Waals surface area contributed by atoms with E-state index in [1.54, 1.807) is 48.9 Å². The highest BCUT2D eigenvalue weighted by atomic mass is 19.1. The van der Waals surface area contributed by atoms with E-state index in [9.17, 15) is 23.6 Å². The molecule has 0 spiro atoms. The van der Waals surface area contributed by atoms with Crippen molar-refractivity contribution >= 4 is 28.4 Å². The Morgan fingerprint density at radius 1 is 1.00 bits per heavy atom. The molecule has 0 saturated carbocycles. The highest BCUT2D eigenvalue weighted by molar-refractivity contribution is 5.95. The van der Waals surface area contributed by atoms with Crippen LogP contribution >= 0.6 is 0 Å². The number of rotatable bonds is 5. The molecule has 0 fully saturated rings. The van der Waals surface area contributed by atoms with Crippen molar-refractivity contribution in [2.75, 3.05) is 5.32 Å². The topological polar surface area (TPSA) is 95.1 Å². The first-order chi connectivity index (χ1) is 15.7. The summed E-state index contributed by atoms with van der Waals surface area (Å²) in [5.74, 6) is -1.08. The summed E-state index contributed by atoms with van der Waals surface area (Å²) in [6.45, 7) is 2.88. The third-order valence-corrected chi connectivity index (χ3v) is 5.53. The number of fused-ring (bicyclic) bond motifs is 1. The van der Waals surface area contributed by atoms with Gasteiger partial charge in [0.1, 0.15) is 17.9 Å². The van der Waals surface area contributed by atoms with Crippen LogP contribution in [0, 0.1) is 12.7 Å². The summed E-state index contributed by atoms with van der Waals surface area (Å²) in [4.78, 5) is 50.7. The summed E-state index contributed by atoms with van der Waals surface area (Å²) in [7, 11) is 1.69. The molecule has 4 rings (SSSR count). The fourth-order valence-electron chi connectivity index (χ4n) is 3.69. The Balaban J connectivity index is 1.79. The number of benzene rings is 2. The number of hydrogen-bond acceptors (Lipinski definition) is 4. The molecule has 1 N–H and O–H groups in total. The standard InChI is InChI=1S/C24H21FN4O4/c1-14-12-20-22(27(14)3)23(32)29(19-10-6-17(25)7-11-19)24(33)28(20)13-21(31)26-18-8-4-16(5-9-18)15(2)30/h4-12H,13H2,1-3H3,(H,26,31). The quantitative estimate of drug-likeness (QED) is 0.475. The lowest BCUT2D eigenvalue weighted by molar-refractivity contribution is -0.116. The van der Waals surface area contributed by atoms with Crippen molar-refractivity contribution in [3.63, 3.8) is 0 Å². The summed E-state index contributed by atoms with van der Waals surface area (Å²) in [6.07, 6.45) is 0. The van der Waals surface area contributed by atoms with Gasteiger partial charge in [-0.25, -0.2) is 13.8 Å². The minimum absolute atomic E-state index is 0.0932. The zero-order valence-corrected chi connectivity index (χ0v) is 18.3. The van der Waals surface area contributed by atoms with E-state index in [0.717, 1.165) is 22.4 Å². The van der Waals surface area contributed by atoms with E-state index in [4.69, 9.17) is 0 Å². The maximum absolute atomic E-state index is 13.4. The highest BCUT2D eigenvalue weighted by Crippen LogP contribution is 2.16. The molecule has 0 saturated heterocycles. The normalized spacial score (nSPS) is 11.0. The van der Waals surface area contributed by atoms with Gasteiger partial charge in [0.15, 0.2) is 5.78 Å². The molecule has 0 unspecified atom stereocenters. The number of nitrogens with one attached hydrogen (secondary N) is 1. The third-order valence-electron chi connectivity index (χ3n) is 5.53. The molecular weight excluding hydrogens is 427 g/mol. The Labute approximate surface area is 187 Å². The van der Waals surface area contributed by atoms with Gasteiger partial charge < -0.3 is 9.88 Å². The van der Waals surface area contributed by atoms with E-state index in [2.05, 4.69) is 5.32 Å². The lowest BCUT2D eigenvalue weighted by Gasteiger charge is -2.13. The lowest BCUT2D eigenvalue weighted by atomic mass is 10.1. The van der Waals surface area contributed by atoms with Crippen molar-refractivity contribution in [2.45, 2.75) is 20.4 Å². The Morgan fingerprint density at radius 3 is 2.24 bits per heavy atom. The number of anilines is 1. The second-order valence-electron chi connectivity index (χ2n) is 7.75. The van der Waals surface area contributed by atoms with Gasteiger partial charge in [-0.1, -0.05) is 0 Å². The molecule has 0 bridgehead atoms. The first kappa shape index (κ1) is 21.9. The predicted octanol–water partition coefficient (Wildman–Crippen LogP) is 2.78. The zero-order valence-electron chi connectivity index (χ0n) is 18.3. The molecule has 0 aliphatic carbocycles. The molecule has 8 nitrogen and oxygen atoms in total. The van der Waals surface area contributed by atoms with Gasteiger partial charge in [-0.2, -0.15) is 0 Å². The van der Waals surface area contributed by atoms with Crippen molar-refractivity contribution in [1.82, 2.24) is 13.7 Å². The fraction of sp³-hybridized carbons (Fsp3) is 0.167. The highest BCUT2D eigenvalue weighted by Gasteiger charge is 2.20. The predicted molar refractivity (Wildman–Crippen MR) is 123 cm³/mol. The van der Waals surface area contributed by atoms with Crippen LogP contribution in [0.15, 0.2) is 64.2 Å². The van der Waals surface area contributed by atoms with Crippen LogP contribution in [0.1, 0.15) is 23.0 Å². The molecule has 33 heavy (non-hydrogen) atoms. The van der Waals surface area contributed by atoms with Crippen molar-refractivity contribution in [3.05, 3.63) is 92.5 Å². The minimum atomic E-state index is -0.716. The fourth-order valence-corrected chi connectivity index (χ4v) is 3.69. The van der Waals surface area contributed by atoms with Gasteiger partial charge in [0.05, 0.1) is 11.2 Å². The van der Waals surface area contributed by atoms with Crippen molar-refractivity contribution in [3.8, 4) is 5.69 Å². The first-order valence-corrected chi connectivity index (χ1v) is 10.2. The second-order valence-corrected chi connectivity index (χ2v) is 7.75. The summed E-state index contributed by atoms with van der Waals surface area (Å²) < 4.78 is 17.2. The van der Waals surface area contributed by atoms with Crippen LogP contribution in [0.2, 0.25) is 0 Å². The second kappa shape index (κ2) is 8.34. The van der Waals surface area contributed by atoms with Crippen LogP contribution < -0.4 is 16.6 Å². The molecule has 2 aromatic heterocycles. The average molecular weight is 448 g/mol. The maximum atomic E-state index is 13.4. The molecular formula is C24H21FN4O4. The Morgan fingerprint density at radius 2 is 1.64 bits per heavy atom. The number of Topliss-reactive ketones (excluding diaryl/α,β-unsaturated/α-hetero) is 1. The van der Waals surface area contributed by atoms with E-state index >= 15 is 0 Å². The van der Waals surface area contributed by atoms with Crippen LogP contribution in [0.25, 0.3) is 16.7 Å². The number of halogens is 1. The summed E-state index contributed by atoms with van der Waals surface area (Å²) >= 11 is 0. The number of aromatic nitrogens is 3. The minimum Gasteiger partial charge on any atom is -0.342 e. The maximum Gasteiger partial charge on any atom is 0.336 e. The first-order valence-electron chi connectivity index (χ1n) is 10.2. The van der Waals surface area contributed by atoms with E-state index in [0.29, 0.717) is 16.8 Å². The van der Waals surface area contributed by atoms with E-state index < -0.39 is 23.0 Å². The molecule has 0 radical (unpaired) electrons. The SMILES string of the molecule is CC(=O)c1ccc(NC(=O)Cn2c(=O)n(-c3ccc(F)cc3)c(=O)c3c2cc(C)n3C)cc1. The third kappa shape index (κ3) is 4.00. The molecule has 2 heterocycles. The number of nitrogens with zero attached hydrogens (tertiary/aromatic N) is 3. The van der Waals surface area contributed by atoms with Gasteiger partial charge in [-0.3, -0.25) is 19.0 Å². The monoisotopic (exact) mass is 448 g/mol. The average Bonchev–Trinajstić information content (AvgIpc) is 3.07. The number of aryl methyl sites for hydroxylation is 2. The molecule has 0 aliphatic heterocycles. The number of amides is 1. The van der Waals surface area contributed by atoms with Crippen LogP contribution in [0.5, 0.6) is 0 Å². The van der Waals surface area contributed by atoms with Crippen molar-refractivity contribution in [2.24, 2.45) is 7.05 Å². The van der Waals surface area contributed by atoms with E-state index in [-0.39, 0.29) is 23.5 Å². The van der Waals surface area contributed by atoms with Gasteiger partial charge in [0.2, 0.25) is 5.91 Å². The molecule has 4 aromatic rings. The number of carbonyl (C=O) groups excluding carboxylic acids is 2. The van der Waals surface area contributed by atoms with Crippen LogP contribution in [0.4, 0.5) is 10.1 Å². The Bertz CT molecular complexity index is 1510. The zero-order chi connectivity index (χ0) is 23.9. The van der Waals surface area contributed by atoms with Gasteiger partial charge in [-0.05, 0) is 68.4 Å². The number of ketones is 1. The van der Waals surface area contributed by atoms with E-state index in [1.807, 2.05) is 0 Å².